The number of aliphatic carboxylic acids is 1. The van der Waals surface area contributed by atoms with Crippen LogP contribution in [0.15, 0.2) is 0 Å². The van der Waals surface area contributed by atoms with Crippen LogP contribution in [0.25, 0.3) is 0 Å². The van der Waals surface area contributed by atoms with Crippen molar-refractivity contribution in [2.75, 3.05) is 7.05 Å². The molecule has 2 aliphatic heterocycles. The molecule has 2 atom stereocenters. The molecule has 0 unspecified atom stereocenters. The molecule has 5 nitrogen and oxygen atoms in total. The minimum absolute atomic E-state index is 0.0429. The van der Waals surface area contributed by atoms with Gasteiger partial charge >= 0.3 is 5.97 Å². The van der Waals surface area contributed by atoms with Crippen molar-refractivity contribution in [1.82, 2.24) is 10.1 Å². The van der Waals surface area contributed by atoms with Crippen molar-refractivity contribution < 1.29 is 14.7 Å². The van der Waals surface area contributed by atoms with Crippen LogP contribution in [0, 0.1) is 0 Å². The second-order valence-electron chi connectivity index (χ2n) is 4.25. The Labute approximate surface area is 88.9 Å². The fourth-order valence-electron chi connectivity index (χ4n) is 2.67. The monoisotopic (exact) mass is 210 g/mol. The summed E-state index contributed by atoms with van der Waals surface area (Å²) in [6.45, 7) is 0.156. The van der Waals surface area contributed by atoms with Crippen LogP contribution >= 0.6 is 0 Å². The van der Waals surface area contributed by atoms with E-state index < -0.39 is 12.0 Å². The highest BCUT2D eigenvalue weighted by atomic mass is 16.4. The lowest BCUT2D eigenvalue weighted by molar-refractivity contribution is -0.146. The van der Waals surface area contributed by atoms with Gasteiger partial charge in [0.25, 0.3) is 6.85 Å². The van der Waals surface area contributed by atoms with Gasteiger partial charge in [-0.05, 0) is 19.9 Å². The third kappa shape index (κ3) is 1.63. The van der Waals surface area contributed by atoms with Crippen molar-refractivity contribution in [1.29, 1.82) is 0 Å². The van der Waals surface area contributed by atoms with Crippen LogP contribution in [-0.4, -0.2) is 47.8 Å². The van der Waals surface area contributed by atoms with E-state index in [1.807, 2.05) is 0 Å². The molecule has 0 aromatic carbocycles. The summed E-state index contributed by atoms with van der Waals surface area (Å²) in [7, 11) is 1.74. The van der Waals surface area contributed by atoms with Crippen molar-refractivity contribution in [2.45, 2.75) is 37.6 Å². The molecule has 2 heterocycles. The van der Waals surface area contributed by atoms with Crippen molar-refractivity contribution >= 4 is 18.7 Å². The van der Waals surface area contributed by atoms with E-state index >= 15 is 0 Å². The van der Waals surface area contributed by atoms with Crippen molar-refractivity contribution in [3.8, 4) is 0 Å². The lowest BCUT2D eigenvalue weighted by Gasteiger charge is -2.35. The summed E-state index contributed by atoms with van der Waals surface area (Å²) in [5, 5.41) is 12.0. The predicted octanol–water partition coefficient (Wildman–Crippen LogP) is -0.345. The molecule has 82 valence electrons. The van der Waals surface area contributed by atoms with Crippen LogP contribution < -0.4 is 5.32 Å². The van der Waals surface area contributed by atoms with Crippen LogP contribution in [0.3, 0.4) is 0 Å². The highest BCUT2D eigenvalue weighted by Crippen LogP contribution is 2.31. The SMILES string of the molecule is CN[C@H]1CCB2CC[C@@H](C(=O)O)N2C1=O. The number of nitrogens with one attached hydrogen (secondary N) is 1. The number of rotatable bonds is 2. The fourth-order valence-corrected chi connectivity index (χ4v) is 2.67. The first kappa shape index (κ1) is 10.5. The molecule has 15 heavy (non-hydrogen) atoms. The third-order valence-electron chi connectivity index (χ3n) is 3.48. The Kier molecular flexibility index (Phi) is 2.69. The summed E-state index contributed by atoms with van der Waals surface area (Å²) in [5.41, 5.74) is 0. The predicted molar refractivity (Wildman–Crippen MR) is 55.7 cm³/mol. The first-order chi connectivity index (χ1) is 7.15. The molecule has 0 spiro atoms. The van der Waals surface area contributed by atoms with Gasteiger partial charge in [-0.2, -0.15) is 0 Å². The number of hydrogen-bond donors (Lipinski definition) is 2. The van der Waals surface area contributed by atoms with Gasteiger partial charge in [-0.25, -0.2) is 0 Å². The molecule has 0 saturated carbocycles. The average molecular weight is 210 g/mol. The number of nitrogens with zero attached hydrogens (tertiary/aromatic N) is 1. The highest BCUT2D eigenvalue weighted by molar-refractivity contribution is 6.61. The van der Waals surface area contributed by atoms with Crippen LogP contribution in [-0.2, 0) is 9.59 Å². The van der Waals surface area contributed by atoms with E-state index in [0.29, 0.717) is 6.42 Å². The number of fused-ring (bicyclic) bond motifs is 1. The molecule has 0 aromatic rings. The average Bonchev–Trinajstić information content (AvgIpc) is 2.63. The van der Waals surface area contributed by atoms with Gasteiger partial charge in [0.15, 0.2) is 0 Å². The molecule has 2 aliphatic rings. The maximum absolute atomic E-state index is 12.0. The smallest absolute Gasteiger partial charge is 0.325 e. The number of hydrogen-bond acceptors (Lipinski definition) is 3. The third-order valence-corrected chi connectivity index (χ3v) is 3.48. The van der Waals surface area contributed by atoms with Crippen LogP contribution in [0.5, 0.6) is 0 Å². The normalized spacial score (nSPS) is 30.6. The summed E-state index contributed by atoms with van der Waals surface area (Å²) in [6.07, 6.45) is 3.17. The van der Waals surface area contributed by atoms with Gasteiger partial charge < -0.3 is 15.2 Å². The minimum Gasteiger partial charge on any atom is -0.480 e. The van der Waals surface area contributed by atoms with E-state index in [1.165, 1.54) is 0 Å². The van der Waals surface area contributed by atoms with E-state index in [0.717, 1.165) is 19.1 Å². The first-order valence-corrected chi connectivity index (χ1v) is 5.37. The van der Waals surface area contributed by atoms with Gasteiger partial charge in [0, 0.05) is 0 Å². The molecule has 0 bridgehead atoms. The fraction of sp³-hybridized carbons (Fsp3) is 0.778. The highest BCUT2D eigenvalue weighted by Gasteiger charge is 2.47. The number of carbonyl (C=O) groups excluding carboxylic acids is 1. The van der Waals surface area contributed by atoms with Gasteiger partial charge in [0.1, 0.15) is 6.04 Å². The number of carboxylic acid groups (broad SMARTS) is 1. The Bertz CT molecular complexity index is 297. The Morgan fingerprint density at radius 1 is 1.53 bits per heavy atom. The Morgan fingerprint density at radius 3 is 2.80 bits per heavy atom. The Balaban J connectivity index is 2.18. The maximum Gasteiger partial charge on any atom is 0.325 e. The van der Waals surface area contributed by atoms with E-state index in [1.54, 1.807) is 11.9 Å². The Morgan fingerprint density at radius 2 is 2.20 bits per heavy atom. The quantitative estimate of drug-likeness (QED) is 0.611. The largest absolute Gasteiger partial charge is 0.480 e. The molecule has 0 aromatic heterocycles. The van der Waals surface area contributed by atoms with Crippen molar-refractivity contribution in [3.05, 3.63) is 0 Å². The van der Waals surface area contributed by atoms with Crippen LogP contribution in [0.4, 0.5) is 0 Å². The Hall–Kier alpha value is -1.04. The summed E-state index contributed by atoms with van der Waals surface area (Å²) < 4.78 is 0. The number of amides is 1. The van der Waals surface area contributed by atoms with Crippen LogP contribution in [0.2, 0.25) is 12.6 Å². The van der Waals surface area contributed by atoms with Crippen molar-refractivity contribution in [3.63, 3.8) is 0 Å². The molecule has 0 radical (unpaired) electrons. The molecule has 2 saturated heterocycles. The molecule has 0 aliphatic carbocycles. The molecule has 2 rings (SSSR count). The van der Waals surface area contributed by atoms with Gasteiger partial charge in [-0.15, -0.1) is 0 Å². The van der Waals surface area contributed by atoms with E-state index in [-0.39, 0.29) is 18.8 Å². The summed E-state index contributed by atoms with van der Waals surface area (Å²) in [6, 6.07) is -0.792. The van der Waals surface area contributed by atoms with Crippen molar-refractivity contribution in [2.24, 2.45) is 0 Å². The number of carboxylic acids is 1. The molecule has 2 N–H and O–H groups in total. The zero-order chi connectivity index (χ0) is 11.0. The maximum atomic E-state index is 12.0. The van der Waals surface area contributed by atoms with Gasteiger partial charge in [-0.3, -0.25) is 9.59 Å². The molecular formula is C9H15BN2O3. The lowest BCUT2D eigenvalue weighted by Crippen LogP contribution is -2.57. The summed E-state index contributed by atoms with van der Waals surface area (Å²) in [5.74, 6) is -0.916. The number of carbonyl (C=O) groups is 2. The lowest BCUT2D eigenvalue weighted by atomic mass is 9.53. The standard InChI is InChI=1S/C9H15BN2O3/c1-11-6-2-4-10-5-3-7(9(14)15)12(10)8(6)13/h6-7,11H,2-5H2,1H3,(H,14,15)/t6-,7-/m0/s1. The van der Waals surface area contributed by atoms with Gasteiger partial charge in [0.05, 0.1) is 6.04 Å². The topological polar surface area (TPSA) is 69.6 Å². The zero-order valence-corrected chi connectivity index (χ0v) is 8.77. The molecular weight excluding hydrogens is 195 g/mol. The number of likely N-dealkylation sites (N-methyl/N-ethyl adjacent to an activating group) is 1. The first-order valence-electron chi connectivity index (χ1n) is 5.37. The summed E-state index contributed by atoms with van der Waals surface area (Å²) >= 11 is 0. The minimum atomic E-state index is -0.873. The summed E-state index contributed by atoms with van der Waals surface area (Å²) in [4.78, 5) is 24.5. The zero-order valence-electron chi connectivity index (χ0n) is 8.77. The van der Waals surface area contributed by atoms with E-state index in [9.17, 15) is 9.59 Å². The van der Waals surface area contributed by atoms with Crippen LogP contribution in [0.1, 0.15) is 12.8 Å². The second kappa shape index (κ2) is 3.85. The molecule has 1 amide bonds. The second-order valence-corrected chi connectivity index (χ2v) is 4.25. The molecule has 2 fully saturated rings. The van der Waals surface area contributed by atoms with E-state index in [4.69, 9.17) is 5.11 Å². The van der Waals surface area contributed by atoms with Gasteiger partial charge in [-0.1, -0.05) is 12.6 Å². The molecule has 6 heteroatoms. The van der Waals surface area contributed by atoms with E-state index in [2.05, 4.69) is 5.32 Å². The van der Waals surface area contributed by atoms with Gasteiger partial charge in [0.2, 0.25) is 5.91 Å².